The fourth-order valence-corrected chi connectivity index (χ4v) is 2.79. The predicted molar refractivity (Wildman–Crippen MR) is 85.5 cm³/mol. The summed E-state index contributed by atoms with van der Waals surface area (Å²) in [7, 11) is 0. The molecule has 0 saturated carbocycles. The Morgan fingerprint density at radius 2 is 1.90 bits per heavy atom. The molecule has 1 unspecified atom stereocenters. The van der Waals surface area contributed by atoms with E-state index in [1.165, 1.54) is 11.1 Å². The van der Waals surface area contributed by atoms with Crippen LogP contribution in [0.3, 0.4) is 0 Å². The second-order valence-corrected chi connectivity index (χ2v) is 5.85. The van der Waals surface area contributed by atoms with Gasteiger partial charge in [0.1, 0.15) is 5.82 Å². The highest BCUT2D eigenvalue weighted by Gasteiger charge is 2.20. The molecule has 0 heterocycles. The van der Waals surface area contributed by atoms with Gasteiger partial charge in [0.2, 0.25) is 0 Å². The maximum Gasteiger partial charge on any atom is 0.142 e. The van der Waals surface area contributed by atoms with E-state index in [2.05, 4.69) is 53.3 Å². The molecule has 0 spiro atoms. The summed E-state index contributed by atoms with van der Waals surface area (Å²) in [5.74, 6) is -0.195. The summed E-state index contributed by atoms with van der Waals surface area (Å²) in [5.41, 5.74) is 4.16. The predicted octanol–water partition coefficient (Wildman–Crippen LogP) is 4.90. The fourth-order valence-electron chi connectivity index (χ4n) is 2.41. The van der Waals surface area contributed by atoms with Gasteiger partial charge in [0.15, 0.2) is 0 Å². The van der Waals surface area contributed by atoms with Crippen molar-refractivity contribution < 1.29 is 4.39 Å². The largest absolute Gasteiger partial charge is 0.306 e. The fraction of sp³-hybridized carbons (Fsp3) is 0.294. The number of hydrogen-bond donors (Lipinski definition) is 1. The van der Waals surface area contributed by atoms with E-state index in [0.717, 1.165) is 12.1 Å². The number of benzene rings is 2. The first-order chi connectivity index (χ1) is 9.54. The molecule has 0 radical (unpaired) electrons. The quantitative estimate of drug-likeness (QED) is 0.837. The first-order valence-corrected chi connectivity index (χ1v) is 7.58. The van der Waals surface area contributed by atoms with Crippen LogP contribution in [0.25, 0.3) is 0 Å². The summed E-state index contributed by atoms with van der Waals surface area (Å²) in [6.07, 6.45) is 0. The van der Waals surface area contributed by atoms with E-state index < -0.39 is 0 Å². The highest BCUT2D eigenvalue weighted by Crippen LogP contribution is 2.30. The van der Waals surface area contributed by atoms with E-state index in [1.807, 2.05) is 19.1 Å². The van der Waals surface area contributed by atoms with Crippen LogP contribution in [-0.4, -0.2) is 6.54 Å². The van der Waals surface area contributed by atoms with Crippen molar-refractivity contribution in [3.63, 3.8) is 0 Å². The number of aryl methyl sites for hydroxylation is 2. The van der Waals surface area contributed by atoms with Gasteiger partial charge in [-0.1, -0.05) is 42.8 Å². The zero-order valence-electron chi connectivity index (χ0n) is 12.0. The molecular formula is C17H19BrFN. The number of hydrogen-bond acceptors (Lipinski definition) is 1. The van der Waals surface area contributed by atoms with Crippen LogP contribution < -0.4 is 5.32 Å². The van der Waals surface area contributed by atoms with E-state index >= 15 is 0 Å². The summed E-state index contributed by atoms with van der Waals surface area (Å²) in [6.45, 7) is 6.94. The third kappa shape index (κ3) is 3.10. The molecule has 0 aliphatic heterocycles. The summed E-state index contributed by atoms with van der Waals surface area (Å²) >= 11 is 3.27. The van der Waals surface area contributed by atoms with Crippen LogP contribution in [0.2, 0.25) is 0 Å². The molecule has 0 aliphatic carbocycles. The summed E-state index contributed by atoms with van der Waals surface area (Å²) in [5, 5.41) is 3.39. The highest BCUT2D eigenvalue weighted by molar-refractivity contribution is 9.10. The lowest BCUT2D eigenvalue weighted by Crippen LogP contribution is -2.24. The van der Waals surface area contributed by atoms with Crippen LogP contribution in [0.4, 0.5) is 4.39 Å². The Labute approximate surface area is 128 Å². The van der Waals surface area contributed by atoms with Gasteiger partial charge in [0.05, 0.1) is 10.5 Å². The smallest absolute Gasteiger partial charge is 0.142 e. The Bertz CT molecular complexity index is 608. The van der Waals surface area contributed by atoms with Crippen molar-refractivity contribution in [3.8, 4) is 0 Å². The van der Waals surface area contributed by atoms with Gasteiger partial charge in [0, 0.05) is 5.56 Å². The average Bonchev–Trinajstić information content (AvgIpc) is 2.43. The highest BCUT2D eigenvalue weighted by atomic mass is 79.9. The minimum Gasteiger partial charge on any atom is -0.306 e. The number of halogens is 2. The van der Waals surface area contributed by atoms with Crippen LogP contribution in [0.1, 0.15) is 35.2 Å². The average molecular weight is 336 g/mol. The zero-order valence-corrected chi connectivity index (χ0v) is 13.6. The molecule has 1 N–H and O–H groups in total. The molecule has 2 rings (SSSR count). The van der Waals surface area contributed by atoms with Crippen molar-refractivity contribution in [2.75, 3.05) is 6.54 Å². The van der Waals surface area contributed by atoms with Gasteiger partial charge < -0.3 is 5.32 Å². The molecule has 1 atom stereocenters. The van der Waals surface area contributed by atoms with Crippen molar-refractivity contribution in [1.82, 2.24) is 5.32 Å². The molecule has 3 heteroatoms. The Hall–Kier alpha value is -1.19. The minimum atomic E-state index is -0.195. The first kappa shape index (κ1) is 15.2. The molecule has 0 bridgehead atoms. The monoisotopic (exact) mass is 335 g/mol. The van der Waals surface area contributed by atoms with E-state index in [1.54, 1.807) is 6.07 Å². The van der Waals surface area contributed by atoms with Gasteiger partial charge in [-0.2, -0.15) is 0 Å². The van der Waals surface area contributed by atoms with Gasteiger partial charge in [-0.15, -0.1) is 0 Å². The van der Waals surface area contributed by atoms with Crippen LogP contribution >= 0.6 is 15.9 Å². The molecule has 0 amide bonds. The van der Waals surface area contributed by atoms with Crippen molar-refractivity contribution in [2.45, 2.75) is 26.8 Å². The SMILES string of the molecule is CCNC(c1cc(C)ccc1C)c1cccc(Br)c1F. The number of rotatable bonds is 4. The Kier molecular flexibility index (Phi) is 4.95. The third-order valence-corrected chi connectivity index (χ3v) is 4.06. The lowest BCUT2D eigenvalue weighted by Gasteiger charge is -2.22. The molecule has 1 nitrogen and oxygen atoms in total. The molecule has 0 aliphatic rings. The van der Waals surface area contributed by atoms with Crippen molar-refractivity contribution >= 4 is 15.9 Å². The third-order valence-electron chi connectivity index (χ3n) is 3.45. The summed E-state index contributed by atoms with van der Waals surface area (Å²) in [4.78, 5) is 0. The van der Waals surface area contributed by atoms with E-state index in [-0.39, 0.29) is 11.9 Å². The molecule has 0 aromatic heterocycles. The Morgan fingerprint density at radius 3 is 2.60 bits per heavy atom. The molecule has 2 aromatic rings. The number of nitrogens with one attached hydrogen (secondary N) is 1. The van der Waals surface area contributed by atoms with Crippen molar-refractivity contribution in [2.24, 2.45) is 0 Å². The van der Waals surface area contributed by atoms with Gasteiger partial charge in [-0.05, 0) is 53.5 Å². The first-order valence-electron chi connectivity index (χ1n) is 6.79. The molecule has 2 aromatic carbocycles. The molecule has 20 heavy (non-hydrogen) atoms. The zero-order chi connectivity index (χ0) is 14.7. The van der Waals surface area contributed by atoms with Crippen molar-refractivity contribution in [3.05, 3.63) is 68.9 Å². The lowest BCUT2D eigenvalue weighted by atomic mass is 9.93. The van der Waals surface area contributed by atoms with E-state index in [4.69, 9.17) is 0 Å². The van der Waals surface area contributed by atoms with Crippen LogP contribution in [-0.2, 0) is 0 Å². The topological polar surface area (TPSA) is 12.0 Å². The summed E-state index contributed by atoms with van der Waals surface area (Å²) < 4.78 is 14.9. The molecular weight excluding hydrogens is 317 g/mol. The standard InChI is InChI=1S/C17H19BrFN/c1-4-20-17(13-6-5-7-15(18)16(13)19)14-10-11(2)8-9-12(14)3/h5-10,17,20H,4H2,1-3H3. The summed E-state index contributed by atoms with van der Waals surface area (Å²) in [6, 6.07) is 11.6. The second kappa shape index (κ2) is 6.51. The molecule has 0 fully saturated rings. The van der Waals surface area contributed by atoms with Crippen LogP contribution in [0.5, 0.6) is 0 Å². The van der Waals surface area contributed by atoms with E-state index in [0.29, 0.717) is 10.0 Å². The van der Waals surface area contributed by atoms with Crippen LogP contribution in [0, 0.1) is 19.7 Å². The minimum absolute atomic E-state index is 0.127. The Morgan fingerprint density at radius 1 is 1.15 bits per heavy atom. The van der Waals surface area contributed by atoms with E-state index in [9.17, 15) is 4.39 Å². The molecule has 106 valence electrons. The maximum absolute atomic E-state index is 14.4. The van der Waals surface area contributed by atoms with Crippen LogP contribution in [0.15, 0.2) is 40.9 Å². The normalized spacial score (nSPS) is 12.4. The lowest BCUT2D eigenvalue weighted by molar-refractivity contribution is 0.553. The van der Waals surface area contributed by atoms with Gasteiger partial charge >= 0.3 is 0 Å². The van der Waals surface area contributed by atoms with Crippen molar-refractivity contribution in [1.29, 1.82) is 0 Å². The Balaban J connectivity index is 2.56. The van der Waals surface area contributed by atoms with Gasteiger partial charge in [-0.25, -0.2) is 4.39 Å². The molecule has 0 saturated heterocycles. The van der Waals surface area contributed by atoms with Gasteiger partial charge in [-0.3, -0.25) is 0 Å². The second-order valence-electron chi connectivity index (χ2n) is 4.99. The van der Waals surface area contributed by atoms with Gasteiger partial charge in [0.25, 0.3) is 0 Å². The maximum atomic E-state index is 14.4.